The average molecular weight is 198 g/mol. The fourth-order valence-corrected chi connectivity index (χ4v) is 1.81. The third-order valence-electron chi connectivity index (χ3n) is 2.80. The van der Waals surface area contributed by atoms with Crippen molar-refractivity contribution in [3.8, 4) is 0 Å². The van der Waals surface area contributed by atoms with E-state index in [9.17, 15) is 0 Å². The van der Waals surface area contributed by atoms with Crippen molar-refractivity contribution in [3.05, 3.63) is 36.0 Å². The molecule has 0 bridgehead atoms. The molecular formula is C13H14N2. The maximum absolute atomic E-state index is 4.59. The van der Waals surface area contributed by atoms with Crippen LogP contribution in [0.4, 0.5) is 5.69 Å². The van der Waals surface area contributed by atoms with E-state index in [1.807, 2.05) is 6.92 Å². The Morgan fingerprint density at radius 1 is 1.20 bits per heavy atom. The van der Waals surface area contributed by atoms with Crippen LogP contribution in [0, 0.1) is 6.92 Å². The lowest BCUT2D eigenvalue weighted by Crippen LogP contribution is -2.02. The van der Waals surface area contributed by atoms with E-state index in [2.05, 4.69) is 40.6 Å². The number of rotatable bonds is 2. The number of nitrogens with zero attached hydrogens (tertiary/aromatic N) is 1. The molecule has 76 valence electrons. The third-order valence-corrected chi connectivity index (χ3v) is 2.80. The zero-order valence-corrected chi connectivity index (χ0v) is 8.83. The minimum absolute atomic E-state index is 0.679. The van der Waals surface area contributed by atoms with Crippen molar-refractivity contribution >= 4 is 16.6 Å². The van der Waals surface area contributed by atoms with Crippen molar-refractivity contribution in [2.45, 2.75) is 25.8 Å². The second kappa shape index (κ2) is 3.23. The molecule has 2 heteroatoms. The molecule has 0 amide bonds. The van der Waals surface area contributed by atoms with Crippen LogP contribution >= 0.6 is 0 Å². The summed E-state index contributed by atoms with van der Waals surface area (Å²) in [6.07, 6.45) is 2.59. The first-order valence-electron chi connectivity index (χ1n) is 5.46. The Balaban J connectivity index is 2.13. The monoisotopic (exact) mass is 198 g/mol. The number of anilines is 1. The molecule has 1 saturated carbocycles. The smallest absolute Gasteiger partial charge is 0.0936 e. The molecule has 1 fully saturated rings. The highest BCUT2D eigenvalue weighted by Gasteiger charge is 2.21. The lowest BCUT2D eigenvalue weighted by Gasteiger charge is -2.08. The Morgan fingerprint density at radius 2 is 2.07 bits per heavy atom. The van der Waals surface area contributed by atoms with Gasteiger partial charge in [0.05, 0.1) is 11.2 Å². The summed E-state index contributed by atoms with van der Waals surface area (Å²) in [6, 6.07) is 11.2. The Bertz CT molecular complexity index is 501. The Labute approximate surface area is 89.3 Å². The highest BCUT2D eigenvalue weighted by Crippen LogP contribution is 2.28. The second-order valence-electron chi connectivity index (χ2n) is 4.25. The van der Waals surface area contributed by atoms with Crippen LogP contribution in [0.2, 0.25) is 0 Å². The summed E-state index contributed by atoms with van der Waals surface area (Å²) < 4.78 is 0. The van der Waals surface area contributed by atoms with Crippen LogP contribution in [-0.2, 0) is 0 Å². The topological polar surface area (TPSA) is 24.9 Å². The average Bonchev–Trinajstić information content (AvgIpc) is 3.03. The van der Waals surface area contributed by atoms with E-state index in [4.69, 9.17) is 0 Å². The first kappa shape index (κ1) is 8.72. The van der Waals surface area contributed by atoms with Crippen LogP contribution in [0.1, 0.15) is 18.5 Å². The number of nitrogens with one attached hydrogen (secondary N) is 1. The maximum Gasteiger partial charge on any atom is 0.0936 e. The first-order valence-corrected chi connectivity index (χ1v) is 5.46. The van der Waals surface area contributed by atoms with E-state index in [0.29, 0.717) is 6.04 Å². The van der Waals surface area contributed by atoms with E-state index in [0.717, 1.165) is 11.2 Å². The molecule has 1 aromatic carbocycles. The summed E-state index contributed by atoms with van der Waals surface area (Å²) in [4.78, 5) is 4.59. The molecule has 0 saturated heterocycles. The fourth-order valence-electron chi connectivity index (χ4n) is 1.81. The summed E-state index contributed by atoms with van der Waals surface area (Å²) >= 11 is 0. The lowest BCUT2D eigenvalue weighted by molar-refractivity contribution is 1.15. The van der Waals surface area contributed by atoms with E-state index >= 15 is 0 Å². The summed E-state index contributed by atoms with van der Waals surface area (Å²) in [7, 11) is 0. The number of aryl methyl sites for hydroxylation is 1. The van der Waals surface area contributed by atoms with Gasteiger partial charge in [-0.15, -0.1) is 0 Å². The first-order chi connectivity index (χ1) is 7.33. The molecule has 0 atom stereocenters. The minimum atomic E-state index is 0.679. The number of para-hydroxylation sites is 1. The largest absolute Gasteiger partial charge is 0.381 e. The molecule has 2 aromatic rings. The van der Waals surface area contributed by atoms with Crippen LogP contribution in [0.3, 0.4) is 0 Å². The molecule has 0 unspecified atom stereocenters. The van der Waals surface area contributed by atoms with Crippen LogP contribution < -0.4 is 5.32 Å². The van der Waals surface area contributed by atoms with Crippen molar-refractivity contribution in [1.82, 2.24) is 4.98 Å². The van der Waals surface area contributed by atoms with Gasteiger partial charge in [0.2, 0.25) is 0 Å². The number of hydrogen-bond acceptors (Lipinski definition) is 2. The van der Waals surface area contributed by atoms with Gasteiger partial charge in [0, 0.05) is 17.1 Å². The Morgan fingerprint density at radius 3 is 2.87 bits per heavy atom. The van der Waals surface area contributed by atoms with Crippen molar-refractivity contribution in [3.63, 3.8) is 0 Å². The number of fused-ring (bicyclic) bond motifs is 1. The quantitative estimate of drug-likeness (QED) is 0.802. The highest BCUT2D eigenvalue weighted by molar-refractivity contribution is 5.90. The van der Waals surface area contributed by atoms with Gasteiger partial charge in [-0.1, -0.05) is 18.2 Å². The summed E-state index contributed by atoms with van der Waals surface area (Å²) in [5.41, 5.74) is 3.36. The molecule has 3 rings (SSSR count). The van der Waals surface area contributed by atoms with E-state index < -0.39 is 0 Å². The van der Waals surface area contributed by atoms with E-state index in [1.54, 1.807) is 0 Å². The summed E-state index contributed by atoms with van der Waals surface area (Å²) in [5, 5.41) is 4.74. The minimum Gasteiger partial charge on any atom is -0.381 e. The van der Waals surface area contributed by atoms with Crippen LogP contribution in [0.25, 0.3) is 10.9 Å². The van der Waals surface area contributed by atoms with Crippen molar-refractivity contribution < 1.29 is 0 Å². The molecule has 0 spiro atoms. The normalized spacial score (nSPS) is 15.5. The molecule has 1 aliphatic carbocycles. The molecule has 1 aromatic heterocycles. The van der Waals surface area contributed by atoms with E-state index in [-0.39, 0.29) is 0 Å². The van der Waals surface area contributed by atoms with Gasteiger partial charge < -0.3 is 5.32 Å². The van der Waals surface area contributed by atoms with Gasteiger partial charge in [-0.3, -0.25) is 4.98 Å². The standard InChI is InChI=1S/C13H14N2/c1-9-5-6-10-3-2-4-12(13(10)14-9)15-11-7-8-11/h2-6,11,15H,7-8H2,1H3. The van der Waals surface area contributed by atoms with Gasteiger partial charge in [0.15, 0.2) is 0 Å². The molecule has 0 aliphatic heterocycles. The Kier molecular flexibility index (Phi) is 1.88. The highest BCUT2D eigenvalue weighted by atomic mass is 15.0. The molecule has 2 nitrogen and oxygen atoms in total. The van der Waals surface area contributed by atoms with Gasteiger partial charge in [0.25, 0.3) is 0 Å². The van der Waals surface area contributed by atoms with E-state index in [1.165, 1.54) is 23.9 Å². The van der Waals surface area contributed by atoms with Crippen LogP contribution in [-0.4, -0.2) is 11.0 Å². The predicted molar refractivity (Wildman–Crippen MR) is 63.1 cm³/mol. The maximum atomic E-state index is 4.59. The molecule has 1 N–H and O–H groups in total. The van der Waals surface area contributed by atoms with Gasteiger partial charge in [-0.2, -0.15) is 0 Å². The van der Waals surface area contributed by atoms with Crippen LogP contribution in [0.5, 0.6) is 0 Å². The van der Waals surface area contributed by atoms with Gasteiger partial charge in [-0.25, -0.2) is 0 Å². The number of hydrogen-bond donors (Lipinski definition) is 1. The van der Waals surface area contributed by atoms with Crippen molar-refractivity contribution in [1.29, 1.82) is 0 Å². The molecule has 1 aliphatic rings. The van der Waals surface area contributed by atoms with Crippen LogP contribution in [0.15, 0.2) is 30.3 Å². The zero-order valence-electron chi connectivity index (χ0n) is 8.83. The number of aromatic nitrogens is 1. The fraction of sp³-hybridized carbons (Fsp3) is 0.308. The third kappa shape index (κ3) is 1.67. The number of benzene rings is 1. The van der Waals surface area contributed by atoms with Gasteiger partial charge >= 0.3 is 0 Å². The summed E-state index contributed by atoms with van der Waals surface area (Å²) in [5.74, 6) is 0. The SMILES string of the molecule is Cc1ccc2cccc(NC3CC3)c2n1. The predicted octanol–water partition coefficient (Wildman–Crippen LogP) is 3.12. The lowest BCUT2D eigenvalue weighted by atomic mass is 10.1. The zero-order chi connectivity index (χ0) is 10.3. The second-order valence-corrected chi connectivity index (χ2v) is 4.25. The van der Waals surface area contributed by atoms with Gasteiger partial charge in [0.1, 0.15) is 0 Å². The molecular weight excluding hydrogens is 184 g/mol. The molecule has 15 heavy (non-hydrogen) atoms. The van der Waals surface area contributed by atoms with Crippen molar-refractivity contribution in [2.24, 2.45) is 0 Å². The number of pyridine rings is 1. The van der Waals surface area contributed by atoms with Crippen molar-refractivity contribution in [2.75, 3.05) is 5.32 Å². The van der Waals surface area contributed by atoms with Gasteiger partial charge in [-0.05, 0) is 31.9 Å². The Hall–Kier alpha value is -1.57. The summed E-state index contributed by atoms with van der Waals surface area (Å²) in [6.45, 7) is 2.04. The molecule has 0 radical (unpaired) electrons. The molecule has 1 heterocycles.